The lowest BCUT2D eigenvalue weighted by atomic mass is 10.0. The van der Waals surface area contributed by atoms with Crippen LogP contribution in [0.25, 0.3) is 0 Å². The summed E-state index contributed by atoms with van der Waals surface area (Å²) in [5.41, 5.74) is 0.655. The highest BCUT2D eigenvalue weighted by Crippen LogP contribution is 2.09. The Bertz CT molecular complexity index is 445. The number of carbonyl (C=O) groups excluding carboxylic acids is 1. The standard InChI is InChI=1S/C14H19NO4/c1-10(5-4-8-16)15-13(17)9-11-6-2-3-7-12(11)14(18)19/h2-3,6-7,10,16H,4-5,8-9H2,1H3,(H,15,17)(H,18,19). The van der Waals surface area contributed by atoms with Gasteiger partial charge in [0, 0.05) is 12.6 Å². The van der Waals surface area contributed by atoms with Gasteiger partial charge in [-0.25, -0.2) is 4.79 Å². The summed E-state index contributed by atoms with van der Waals surface area (Å²) in [6, 6.07) is 6.44. The molecule has 5 heteroatoms. The Kier molecular flexibility index (Phi) is 6.02. The zero-order valence-corrected chi connectivity index (χ0v) is 10.9. The number of aliphatic hydroxyl groups is 1. The van der Waals surface area contributed by atoms with Gasteiger partial charge in [0.1, 0.15) is 0 Å². The normalized spacial score (nSPS) is 11.9. The fourth-order valence-electron chi connectivity index (χ4n) is 1.85. The van der Waals surface area contributed by atoms with E-state index in [4.69, 9.17) is 10.2 Å². The van der Waals surface area contributed by atoms with Gasteiger partial charge in [0.15, 0.2) is 0 Å². The van der Waals surface area contributed by atoms with Crippen LogP contribution in [-0.4, -0.2) is 34.7 Å². The smallest absolute Gasteiger partial charge is 0.335 e. The van der Waals surface area contributed by atoms with E-state index in [9.17, 15) is 9.59 Å². The molecule has 5 nitrogen and oxygen atoms in total. The van der Waals surface area contributed by atoms with Gasteiger partial charge in [0.2, 0.25) is 5.91 Å². The molecule has 0 spiro atoms. The average molecular weight is 265 g/mol. The van der Waals surface area contributed by atoms with Crippen LogP contribution in [0.1, 0.15) is 35.7 Å². The van der Waals surface area contributed by atoms with E-state index in [1.54, 1.807) is 18.2 Å². The van der Waals surface area contributed by atoms with Crippen molar-refractivity contribution in [2.75, 3.05) is 6.61 Å². The van der Waals surface area contributed by atoms with Crippen LogP contribution < -0.4 is 5.32 Å². The Morgan fingerprint density at radius 3 is 2.63 bits per heavy atom. The molecule has 0 saturated heterocycles. The topological polar surface area (TPSA) is 86.6 Å². The fraction of sp³-hybridized carbons (Fsp3) is 0.429. The van der Waals surface area contributed by atoms with Gasteiger partial charge in [-0.05, 0) is 31.4 Å². The van der Waals surface area contributed by atoms with Gasteiger partial charge < -0.3 is 15.5 Å². The number of benzene rings is 1. The molecule has 0 radical (unpaired) electrons. The Labute approximate surface area is 112 Å². The number of carboxylic acid groups (broad SMARTS) is 1. The third-order valence-corrected chi connectivity index (χ3v) is 2.80. The Hall–Kier alpha value is -1.88. The van der Waals surface area contributed by atoms with E-state index in [0.717, 1.165) is 0 Å². The lowest BCUT2D eigenvalue weighted by molar-refractivity contribution is -0.121. The molecule has 0 aliphatic carbocycles. The largest absolute Gasteiger partial charge is 0.478 e. The van der Waals surface area contributed by atoms with Crippen LogP contribution in [0.2, 0.25) is 0 Å². The minimum atomic E-state index is -1.03. The summed E-state index contributed by atoms with van der Waals surface area (Å²) in [4.78, 5) is 22.8. The molecule has 0 aromatic heterocycles. The molecule has 1 atom stereocenters. The first-order chi connectivity index (χ1) is 9.04. The monoisotopic (exact) mass is 265 g/mol. The van der Waals surface area contributed by atoms with Crippen LogP contribution in [0.15, 0.2) is 24.3 Å². The predicted octanol–water partition coefficient (Wildman–Crippen LogP) is 1.20. The van der Waals surface area contributed by atoms with E-state index >= 15 is 0 Å². The Balaban J connectivity index is 2.60. The fourth-order valence-corrected chi connectivity index (χ4v) is 1.85. The number of hydrogen-bond donors (Lipinski definition) is 3. The summed E-state index contributed by atoms with van der Waals surface area (Å²) in [5, 5.41) is 20.5. The van der Waals surface area contributed by atoms with Crippen molar-refractivity contribution in [3.05, 3.63) is 35.4 Å². The molecule has 0 aliphatic rings. The first-order valence-electron chi connectivity index (χ1n) is 6.26. The molecule has 0 bridgehead atoms. The molecule has 1 unspecified atom stereocenters. The van der Waals surface area contributed by atoms with Crippen molar-refractivity contribution in [1.82, 2.24) is 5.32 Å². The summed E-state index contributed by atoms with van der Waals surface area (Å²) in [6.07, 6.45) is 1.38. The van der Waals surface area contributed by atoms with Crippen LogP contribution in [-0.2, 0) is 11.2 Å². The highest BCUT2D eigenvalue weighted by molar-refractivity contribution is 5.91. The van der Waals surface area contributed by atoms with Gasteiger partial charge in [-0.1, -0.05) is 18.2 Å². The number of aromatic carboxylic acids is 1. The minimum Gasteiger partial charge on any atom is -0.478 e. The van der Waals surface area contributed by atoms with E-state index < -0.39 is 5.97 Å². The minimum absolute atomic E-state index is 0.0309. The molecule has 104 valence electrons. The van der Waals surface area contributed by atoms with Gasteiger partial charge in [0.25, 0.3) is 0 Å². The third-order valence-electron chi connectivity index (χ3n) is 2.80. The number of rotatable bonds is 7. The van der Waals surface area contributed by atoms with Crippen LogP contribution in [0.4, 0.5) is 0 Å². The average Bonchev–Trinajstić information content (AvgIpc) is 2.36. The second-order valence-electron chi connectivity index (χ2n) is 4.47. The molecule has 1 amide bonds. The quantitative estimate of drug-likeness (QED) is 0.691. The maximum Gasteiger partial charge on any atom is 0.335 e. The van der Waals surface area contributed by atoms with Gasteiger partial charge in [-0.15, -0.1) is 0 Å². The van der Waals surface area contributed by atoms with Gasteiger partial charge in [0.05, 0.1) is 12.0 Å². The maximum atomic E-state index is 11.8. The Morgan fingerprint density at radius 2 is 2.00 bits per heavy atom. The third kappa shape index (κ3) is 5.09. The molecule has 0 saturated carbocycles. The predicted molar refractivity (Wildman–Crippen MR) is 71.0 cm³/mol. The van der Waals surface area contributed by atoms with Crippen molar-refractivity contribution >= 4 is 11.9 Å². The number of carboxylic acids is 1. The van der Waals surface area contributed by atoms with E-state index in [-0.39, 0.29) is 30.5 Å². The number of amides is 1. The van der Waals surface area contributed by atoms with Crippen molar-refractivity contribution in [3.63, 3.8) is 0 Å². The van der Waals surface area contributed by atoms with Gasteiger partial charge in [-0.3, -0.25) is 4.79 Å². The molecule has 1 aromatic carbocycles. The molecular formula is C14H19NO4. The first kappa shape index (κ1) is 15.2. The maximum absolute atomic E-state index is 11.8. The molecule has 19 heavy (non-hydrogen) atoms. The second kappa shape index (κ2) is 7.53. The molecule has 1 rings (SSSR count). The lowest BCUT2D eigenvalue weighted by Crippen LogP contribution is -2.34. The SMILES string of the molecule is CC(CCCO)NC(=O)Cc1ccccc1C(=O)O. The van der Waals surface area contributed by atoms with Crippen molar-refractivity contribution in [1.29, 1.82) is 0 Å². The van der Waals surface area contributed by atoms with Crippen molar-refractivity contribution in [3.8, 4) is 0 Å². The lowest BCUT2D eigenvalue weighted by Gasteiger charge is -2.13. The van der Waals surface area contributed by atoms with Crippen LogP contribution >= 0.6 is 0 Å². The summed E-state index contributed by atoms with van der Waals surface area (Å²) in [7, 11) is 0. The van der Waals surface area contributed by atoms with E-state index in [1.807, 2.05) is 6.92 Å². The van der Waals surface area contributed by atoms with Gasteiger partial charge in [-0.2, -0.15) is 0 Å². The molecular weight excluding hydrogens is 246 g/mol. The van der Waals surface area contributed by atoms with Gasteiger partial charge >= 0.3 is 5.97 Å². The Morgan fingerprint density at radius 1 is 1.32 bits per heavy atom. The van der Waals surface area contributed by atoms with E-state index in [1.165, 1.54) is 6.07 Å². The molecule has 0 fully saturated rings. The van der Waals surface area contributed by atoms with E-state index in [2.05, 4.69) is 5.32 Å². The number of carbonyl (C=O) groups is 2. The first-order valence-corrected chi connectivity index (χ1v) is 6.26. The van der Waals surface area contributed by atoms with E-state index in [0.29, 0.717) is 18.4 Å². The molecule has 3 N–H and O–H groups in total. The summed E-state index contributed by atoms with van der Waals surface area (Å²) in [6.45, 7) is 1.96. The molecule has 0 aliphatic heterocycles. The van der Waals surface area contributed by atoms with Crippen molar-refractivity contribution < 1.29 is 19.8 Å². The van der Waals surface area contributed by atoms with Crippen molar-refractivity contribution in [2.45, 2.75) is 32.2 Å². The zero-order valence-electron chi connectivity index (χ0n) is 10.9. The van der Waals surface area contributed by atoms with Crippen molar-refractivity contribution in [2.24, 2.45) is 0 Å². The summed E-state index contributed by atoms with van der Waals surface area (Å²) < 4.78 is 0. The number of aliphatic hydroxyl groups excluding tert-OH is 1. The number of hydrogen-bond acceptors (Lipinski definition) is 3. The second-order valence-corrected chi connectivity index (χ2v) is 4.47. The number of nitrogens with one attached hydrogen (secondary N) is 1. The molecule has 1 aromatic rings. The summed E-state index contributed by atoms with van der Waals surface area (Å²) in [5.74, 6) is -1.24. The van der Waals surface area contributed by atoms with Crippen LogP contribution in [0.5, 0.6) is 0 Å². The van der Waals surface area contributed by atoms with Crippen LogP contribution in [0.3, 0.4) is 0 Å². The molecule has 0 heterocycles. The van der Waals surface area contributed by atoms with Crippen LogP contribution in [0, 0.1) is 0 Å². The highest BCUT2D eigenvalue weighted by atomic mass is 16.4. The summed E-state index contributed by atoms with van der Waals surface area (Å²) >= 11 is 0. The highest BCUT2D eigenvalue weighted by Gasteiger charge is 2.13. The zero-order chi connectivity index (χ0) is 14.3.